The highest BCUT2D eigenvalue weighted by Crippen LogP contribution is 2.13. The summed E-state index contributed by atoms with van der Waals surface area (Å²) in [4.78, 5) is 0. The zero-order valence-electron chi connectivity index (χ0n) is 8.98. The molecule has 0 radical (unpaired) electrons. The van der Waals surface area contributed by atoms with Gasteiger partial charge in [0, 0.05) is 30.5 Å². The van der Waals surface area contributed by atoms with Crippen molar-refractivity contribution in [2.24, 2.45) is 0 Å². The van der Waals surface area contributed by atoms with E-state index in [-0.39, 0.29) is 6.61 Å². The molecule has 0 spiro atoms. The quantitative estimate of drug-likeness (QED) is 0.754. The zero-order chi connectivity index (χ0) is 10.7. The second-order valence-electron chi connectivity index (χ2n) is 3.79. The van der Waals surface area contributed by atoms with Crippen LogP contribution in [0.5, 0.6) is 0 Å². The van der Waals surface area contributed by atoms with Gasteiger partial charge < -0.3 is 5.11 Å². The Morgan fingerprint density at radius 1 is 1.20 bits per heavy atom. The van der Waals surface area contributed by atoms with Crippen LogP contribution in [0.15, 0.2) is 36.5 Å². The van der Waals surface area contributed by atoms with Crippen molar-refractivity contribution in [2.45, 2.75) is 19.9 Å². The molecule has 2 rings (SSSR count). The Labute approximate surface area is 89.8 Å². The number of aliphatic hydroxyl groups is 1. The summed E-state index contributed by atoms with van der Waals surface area (Å²) in [5.41, 5.74) is 2.54. The van der Waals surface area contributed by atoms with Crippen LogP contribution in [0.4, 0.5) is 0 Å². The lowest BCUT2D eigenvalue weighted by molar-refractivity contribution is -0.672. The molecule has 0 aliphatic heterocycles. The van der Waals surface area contributed by atoms with Gasteiger partial charge in [0.15, 0.2) is 12.7 Å². The van der Waals surface area contributed by atoms with Crippen LogP contribution in [0.1, 0.15) is 12.0 Å². The minimum Gasteiger partial charge on any atom is -0.396 e. The van der Waals surface area contributed by atoms with Crippen LogP contribution in [-0.2, 0) is 6.54 Å². The standard InChI is InChI=1S/C13H16NO/c1-11-7-9-14(8-4-10-15)13-6-3-2-5-12(11)13/h2-3,5-7,9,15H,4,8,10H2,1H3/q+1. The van der Waals surface area contributed by atoms with E-state index in [1.54, 1.807) is 0 Å². The summed E-state index contributed by atoms with van der Waals surface area (Å²) in [6.45, 7) is 3.24. The van der Waals surface area contributed by atoms with Crippen LogP contribution < -0.4 is 4.57 Å². The number of nitrogens with zero attached hydrogens (tertiary/aromatic N) is 1. The molecule has 15 heavy (non-hydrogen) atoms. The number of hydrogen-bond donors (Lipinski definition) is 1. The Balaban J connectivity index is 2.51. The first-order valence-corrected chi connectivity index (χ1v) is 5.31. The summed E-state index contributed by atoms with van der Waals surface area (Å²) in [6, 6.07) is 10.5. The lowest BCUT2D eigenvalue weighted by Gasteiger charge is -2.02. The number of fused-ring (bicyclic) bond motifs is 1. The normalized spacial score (nSPS) is 10.8. The Kier molecular flexibility index (Phi) is 2.97. The van der Waals surface area contributed by atoms with Crippen LogP contribution in [0, 0.1) is 6.92 Å². The molecule has 78 valence electrons. The summed E-state index contributed by atoms with van der Waals surface area (Å²) in [5, 5.41) is 10.1. The molecule has 0 fully saturated rings. The highest BCUT2D eigenvalue weighted by Gasteiger charge is 2.08. The molecule has 2 aromatic rings. The average molecular weight is 202 g/mol. The SMILES string of the molecule is Cc1cc[n+](CCCO)c2ccccc12. The van der Waals surface area contributed by atoms with Crippen molar-refractivity contribution in [3.05, 3.63) is 42.1 Å². The Hall–Kier alpha value is -1.41. The van der Waals surface area contributed by atoms with Crippen molar-refractivity contribution in [1.29, 1.82) is 0 Å². The highest BCUT2D eigenvalue weighted by atomic mass is 16.3. The molecule has 0 unspecified atom stereocenters. The number of aromatic nitrogens is 1. The number of pyridine rings is 1. The van der Waals surface area contributed by atoms with Gasteiger partial charge in [0.2, 0.25) is 5.52 Å². The zero-order valence-corrected chi connectivity index (χ0v) is 8.98. The highest BCUT2D eigenvalue weighted by molar-refractivity contribution is 5.78. The van der Waals surface area contributed by atoms with Crippen LogP contribution in [0.2, 0.25) is 0 Å². The Bertz CT molecular complexity index is 465. The number of benzene rings is 1. The van der Waals surface area contributed by atoms with E-state index in [9.17, 15) is 0 Å². The van der Waals surface area contributed by atoms with Gasteiger partial charge in [-0.2, -0.15) is 4.57 Å². The molecule has 0 saturated heterocycles. The van der Waals surface area contributed by atoms with Gasteiger partial charge in [0.1, 0.15) is 0 Å². The second kappa shape index (κ2) is 4.41. The van der Waals surface area contributed by atoms with Crippen molar-refractivity contribution in [2.75, 3.05) is 6.61 Å². The molecule has 0 saturated carbocycles. The number of aryl methyl sites for hydroxylation is 2. The first-order chi connectivity index (χ1) is 7.33. The van der Waals surface area contributed by atoms with Gasteiger partial charge in [0.05, 0.1) is 0 Å². The summed E-state index contributed by atoms with van der Waals surface area (Å²) >= 11 is 0. The van der Waals surface area contributed by atoms with E-state index in [1.165, 1.54) is 16.5 Å². The number of aliphatic hydroxyl groups excluding tert-OH is 1. The first kappa shape index (κ1) is 10.1. The third kappa shape index (κ3) is 2.00. The molecule has 0 atom stereocenters. The van der Waals surface area contributed by atoms with E-state index >= 15 is 0 Å². The van der Waals surface area contributed by atoms with Gasteiger partial charge in [-0.05, 0) is 18.6 Å². The van der Waals surface area contributed by atoms with Gasteiger partial charge in [-0.25, -0.2) is 0 Å². The molecule has 2 heteroatoms. The van der Waals surface area contributed by atoms with Gasteiger partial charge in [0.25, 0.3) is 0 Å². The summed E-state index contributed by atoms with van der Waals surface area (Å²) in [6.07, 6.45) is 2.89. The second-order valence-corrected chi connectivity index (χ2v) is 3.79. The van der Waals surface area contributed by atoms with Crippen LogP contribution in [-0.4, -0.2) is 11.7 Å². The molecular weight excluding hydrogens is 186 g/mol. The fourth-order valence-corrected chi connectivity index (χ4v) is 1.87. The maximum atomic E-state index is 8.84. The topological polar surface area (TPSA) is 24.1 Å². The summed E-state index contributed by atoms with van der Waals surface area (Å²) < 4.78 is 2.19. The lowest BCUT2D eigenvalue weighted by Crippen LogP contribution is -2.34. The maximum Gasteiger partial charge on any atom is 0.212 e. The summed E-state index contributed by atoms with van der Waals surface area (Å²) in [5.74, 6) is 0. The van der Waals surface area contributed by atoms with Crippen LogP contribution in [0.3, 0.4) is 0 Å². The lowest BCUT2D eigenvalue weighted by atomic mass is 10.1. The van der Waals surface area contributed by atoms with Gasteiger partial charge >= 0.3 is 0 Å². The minimum atomic E-state index is 0.245. The number of rotatable bonds is 3. The Morgan fingerprint density at radius 3 is 2.80 bits per heavy atom. The maximum absolute atomic E-state index is 8.84. The average Bonchev–Trinajstić information content (AvgIpc) is 2.29. The van der Waals surface area contributed by atoms with Gasteiger partial charge in [-0.15, -0.1) is 0 Å². The van der Waals surface area contributed by atoms with Crippen LogP contribution in [0.25, 0.3) is 10.9 Å². The molecule has 2 nitrogen and oxygen atoms in total. The van der Waals surface area contributed by atoms with Crippen LogP contribution >= 0.6 is 0 Å². The predicted octanol–water partition coefficient (Wildman–Crippen LogP) is 1.82. The summed E-state index contributed by atoms with van der Waals surface area (Å²) in [7, 11) is 0. The molecule has 1 heterocycles. The molecule has 0 bridgehead atoms. The van der Waals surface area contributed by atoms with E-state index in [4.69, 9.17) is 5.11 Å². The van der Waals surface area contributed by atoms with E-state index < -0.39 is 0 Å². The molecule has 1 aromatic heterocycles. The smallest absolute Gasteiger partial charge is 0.212 e. The molecule has 1 aromatic carbocycles. The predicted molar refractivity (Wildman–Crippen MR) is 60.6 cm³/mol. The van der Waals surface area contributed by atoms with E-state index in [1.807, 2.05) is 0 Å². The first-order valence-electron chi connectivity index (χ1n) is 5.31. The molecular formula is C13H16NO+. The number of para-hydroxylation sites is 1. The molecule has 0 aliphatic carbocycles. The van der Waals surface area contributed by atoms with Gasteiger partial charge in [-0.1, -0.05) is 12.1 Å². The third-order valence-electron chi connectivity index (χ3n) is 2.70. The monoisotopic (exact) mass is 202 g/mol. The fraction of sp³-hybridized carbons (Fsp3) is 0.308. The van der Waals surface area contributed by atoms with Crippen molar-refractivity contribution in [3.8, 4) is 0 Å². The van der Waals surface area contributed by atoms with E-state index in [2.05, 4.69) is 48.0 Å². The van der Waals surface area contributed by atoms with Crippen molar-refractivity contribution in [1.82, 2.24) is 0 Å². The molecule has 0 amide bonds. The van der Waals surface area contributed by atoms with Gasteiger partial charge in [-0.3, -0.25) is 0 Å². The third-order valence-corrected chi connectivity index (χ3v) is 2.70. The van der Waals surface area contributed by atoms with Crippen molar-refractivity contribution >= 4 is 10.9 Å². The van der Waals surface area contributed by atoms with Crippen molar-refractivity contribution < 1.29 is 9.67 Å². The van der Waals surface area contributed by atoms with E-state index in [0.29, 0.717) is 0 Å². The largest absolute Gasteiger partial charge is 0.396 e. The Morgan fingerprint density at radius 2 is 2.00 bits per heavy atom. The minimum absolute atomic E-state index is 0.245. The molecule has 0 aliphatic rings. The van der Waals surface area contributed by atoms with E-state index in [0.717, 1.165) is 13.0 Å². The fourth-order valence-electron chi connectivity index (χ4n) is 1.87. The molecule has 1 N–H and O–H groups in total. The number of hydrogen-bond acceptors (Lipinski definition) is 1. The van der Waals surface area contributed by atoms with Crippen molar-refractivity contribution in [3.63, 3.8) is 0 Å².